The van der Waals surface area contributed by atoms with E-state index < -0.39 is 0 Å². The molecule has 0 atom stereocenters. The second kappa shape index (κ2) is 2.64. The van der Waals surface area contributed by atoms with Gasteiger partial charge in [-0.1, -0.05) is 6.08 Å². The zero-order valence-corrected chi connectivity index (χ0v) is 5.17. The van der Waals surface area contributed by atoms with Crippen molar-refractivity contribution in [2.75, 3.05) is 19.9 Å². The second-order valence-corrected chi connectivity index (χ2v) is 1.88. The van der Waals surface area contributed by atoms with E-state index in [-0.39, 0.29) is 12.5 Å². The van der Waals surface area contributed by atoms with E-state index >= 15 is 0 Å². The van der Waals surface area contributed by atoms with Crippen LogP contribution in [0.2, 0.25) is 0 Å². The van der Waals surface area contributed by atoms with Gasteiger partial charge in [-0.05, 0) is 0 Å². The quantitative estimate of drug-likeness (QED) is 0.488. The minimum atomic E-state index is 0.0508. The van der Waals surface area contributed by atoms with Gasteiger partial charge in [-0.3, -0.25) is 4.79 Å². The molecular formula is C6H9NO2. The molecule has 0 aromatic rings. The van der Waals surface area contributed by atoms with E-state index in [0.717, 1.165) is 0 Å². The summed E-state index contributed by atoms with van der Waals surface area (Å²) in [6.07, 6.45) is 1.69. The Morgan fingerprint density at radius 2 is 2.67 bits per heavy atom. The molecule has 0 radical (unpaired) electrons. The van der Waals surface area contributed by atoms with E-state index in [1.165, 1.54) is 0 Å². The number of hydrogen-bond donors (Lipinski definition) is 0. The molecule has 0 aromatic carbocycles. The lowest BCUT2D eigenvalue weighted by molar-refractivity contribution is -0.126. The predicted molar refractivity (Wildman–Crippen MR) is 32.7 cm³/mol. The van der Waals surface area contributed by atoms with Crippen LogP contribution in [0.25, 0.3) is 0 Å². The summed E-state index contributed by atoms with van der Waals surface area (Å²) in [6.45, 7) is 4.76. The Morgan fingerprint density at radius 1 is 1.89 bits per heavy atom. The van der Waals surface area contributed by atoms with Crippen LogP contribution in [0.1, 0.15) is 0 Å². The molecule has 0 saturated carbocycles. The van der Waals surface area contributed by atoms with Gasteiger partial charge in [0.1, 0.15) is 13.3 Å². The molecule has 1 fully saturated rings. The first-order valence-corrected chi connectivity index (χ1v) is 2.81. The van der Waals surface area contributed by atoms with Crippen LogP contribution >= 0.6 is 0 Å². The highest BCUT2D eigenvalue weighted by Crippen LogP contribution is 1.99. The zero-order chi connectivity index (χ0) is 6.69. The topological polar surface area (TPSA) is 29.5 Å². The smallest absolute Gasteiger partial charge is 0.250 e. The third-order valence-corrected chi connectivity index (χ3v) is 1.17. The summed E-state index contributed by atoms with van der Waals surface area (Å²) < 4.78 is 4.85. The Kier molecular flexibility index (Phi) is 1.85. The predicted octanol–water partition coefficient (Wildman–Crippen LogP) is -0.0113. The molecule has 9 heavy (non-hydrogen) atoms. The van der Waals surface area contributed by atoms with E-state index in [1.807, 2.05) is 0 Å². The fraction of sp³-hybridized carbons (Fsp3) is 0.500. The van der Waals surface area contributed by atoms with Gasteiger partial charge in [-0.15, -0.1) is 6.58 Å². The van der Waals surface area contributed by atoms with Crippen molar-refractivity contribution < 1.29 is 9.53 Å². The first-order chi connectivity index (χ1) is 4.34. The normalized spacial score (nSPS) is 18.7. The Labute approximate surface area is 53.9 Å². The number of hydrogen-bond acceptors (Lipinski definition) is 2. The molecule has 3 heteroatoms. The number of ether oxygens (including phenoxy) is 1. The van der Waals surface area contributed by atoms with Crippen LogP contribution < -0.4 is 0 Å². The number of carbonyl (C=O) groups is 1. The molecule has 50 valence electrons. The zero-order valence-electron chi connectivity index (χ0n) is 5.17. The van der Waals surface area contributed by atoms with Crippen molar-refractivity contribution in [2.24, 2.45) is 0 Å². The summed E-state index contributed by atoms with van der Waals surface area (Å²) in [5.74, 6) is 0.0508. The number of rotatable bonds is 2. The maximum Gasteiger partial charge on any atom is 0.250 e. The molecule has 0 aromatic heterocycles. The fourth-order valence-electron chi connectivity index (χ4n) is 0.717. The molecule has 1 aliphatic rings. The van der Waals surface area contributed by atoms with Crippen molar-refractivity contribution in [1.82, 2.24) is 4.90 Å². The SMILES string of the molecule is C=CCN1COCC1=O. The lowest BCUT2D eigenvalue weighted by Crippen LogP contribution is -2.25. The molecule has 0 bridgehead atoms. The van der Waals surface area contributed by atoms with E-state index in [0.29, 0.717) is 13.3 Å². The molecule has 3 nitrogen and oxygen atoms in total. The number of carbonyl (C=O) groups excluding carboxylic acids is 1. The van der Waals surface area contributed by atoms with Crippen LogP contribution in [0.5, 0.6) is 0 Å². The second-order valence-electron chi connectivity index (χ2n) is 1.88. The largest absolute Gasteiger partial charge is 0.351 e. The highest BCUT2D eigenvalue weighted by Gasteiger charge is 2.18. The van der Waals surface area contributed by atoms with E-state index in [2.05, 4.69) is 6.58 Å². The van der Waals surface area contributed by atoms with Gasteiger partial charge in [-0.25, -0.2) is 0 Å². The highest BCUT2D eigenvalue weighted by molar-refractivity contribution is 5.78. The lowest BCUT2D eigenvalue weighted by Gasteiger charge is -2.08. The maximum atomic E-state index is 10.7. The summed E-state index contributed by atoms with van der Waals surface area (Å²) in [5, 5.41) is 0. The summed E-state index contributed by atoms with van der Waals surface area (Å²) >= 11 is 0. The Hall–Kier alpha value is -0.830. The van der Waals surface area contributed by atoms with Gasteiger partial charge < -0.3 is 9.64 Å². The molecule has 1 rings (SSSR count). The van der Waals surface area contributed by atoms with Crippen LogP contribution in [0.3, 0.4) is 0 Å². The summed E-state index contributed by atoms with van der Waals surface area (Å²) in [6, 6.07) is 0. The van der Waals surface area contributed by atoms with Gasteiger partial charge >= 0.3 is 0 Å². The fourth-order valence-corrected chi connectivity index (χ4v) is 0.717. The third-order valence-electron chi connectivity index (χ3n) is 1.17. The number of nitrogens with zero attached hydrogens (tertiary/aromatic N) is 1. The van der Waals surface area contributed by atoms with Crippen molar-refractivity contribution in [3.8, 4) is 0 Å². The Balaban J connectivity index is 2.39. The Morgan fingerprint density at radius 3 is 3.11 bits per heavy atom. The average Bonchev–Trinajstić information content (AvgIpc) is 2.18. The van der Waals surface area contributed by atoms with Crippen molar-refractivity contribution in [3.63, 3.8) is 0 Å². The van der Waals surface area contributed by atoms with Crippen molar-refractivity contribution >= 4 is 5.91 Å². The molecule has 0 N–H and O–H groups in total. The molecule has 1 amide bonds. The third kappa shape index (κ3) is 1.29. The van der Waals surface area contributed by atoms with Gasteiger partial charge in [0.05, 0.1) is 0 Å². The summed E-state index contributed by atoms with van der Waals surface area (Å²) in [4.78, 5) is 12.3. The summed E-state index contributed by atoms with van der Waals surface area (Å²) in [7, 11) is 0. The highest BCUT2D eigenvalue weighted by atomic mass is 16.5. The monoisotopic (exact) mass is 127 g/mol. The van der Waals surface area contributed by atoms with Crippen molar-refractivity contribution in [1.29, 1.82) is 0 Å². The van der Waals surface area contributed by atoms with Crippen LogP contribution in [0, 0.1) is 0 Å². The van der Waals surface area contributed by atoms with Gasteiger partial charge in [0, 0.05) is 6.54 Å². The lowest BCUT2D eigenvalue weighted by atomic mass is 10.5. The minimum Gasteiger partial charge on any atom is -0.351 e. The van der Waals surface area contributed by atoms with Crippen LogP contribution in [0.4, 0.5) is 0 Å². The average molecular weight is 127 g/mol. The minimum absolute atomic E-state index is 0.0508. The first kappa shape index (κ1) is 6.29. The van der Waals surface area contributed by atoms with E-state index in [9.17, 15) is 4.79 Å². The number of amides is 1. The first-order valence-electron chi connectivity index (χ1n) is 2.81. The van der Waals surface area contributed by atoms with Gasteiger partial charge in [0.25, 0.3) is 5.91 Å². The molecule has 0 spiro atoms. The molecule has 0 aliphatic carbocycles. The van der Waals surface area contributed by atoms with Crippen molar-refractivity contribution in [3.05, 3.63) is 12.7 Å². The molecular weight excluding hydrogens is 118 g/mol. The van der Waals surface area contributed by atoms with Gasteiger partial charge in [0.15, 0.2) is 0 Å². The van der Waals surface area contributed by atoms with Gasteiger partial charge in [-0.2, -0.15) is 0 Å². The Bertz CT molecular complexity index is 133. The standard InChI is InChI=1S/C6H9NO2/c1-2-3-7-5-9-4-6(7)8/h2H,1,3-5H2. The van der Waals surface area contributed by atoms with Crippen molar-refractivity contribution in [2.45, 2.75) is 0 Å². The molecule has 1 aliphatic heterocycles. The molecule has 1 heterocycles. The molecule has 1 saturated heterocycles. The maximum absolute atomic E-state index is 10.7. The van der Waals surface area contributed by atoms with E-state index in [1.54, 1.807) is 11.0 Å². The van der Waals surface area contributed by atoms with Gasteiger partial charge in [0.2, 0.25) is 0 Å². The molecule has 0 unspecified atom stereocenters. The van der Waals surface area contributed by atoms with Crippen LogP contribution in [-0.4, -0.2) is 30.7 Å². The van der Waals surface area contributed by atoms with E-state index in [4.69, 9.17) is 4.74 Å². The van der Waals surface area contributed by atoms with Crippen LogP contribution in [0.15, 0.2) is 12.7 Å². The summed E-state index contributed by atoms with van der Waals surface area (Å²) in [5.41, 5.74) is 0. The van der Waals surface area contributed by atoms with Crippen LogP contribution in [-0.2, 0) is 9.53 Å².